The number of likely N-dealkylation sites (tertiary alicyclic amines) is 1. The molecule has 0 unspecified atom stereocenters. The molecule has 124 valence electrons. The summed E-state index contributed by atoms with van der Waals surface area (Å²) in [5, 5.41) is 13.3. The number of piperidine rings is 1. The number of carbonyl (C=O) groups is 1. The van der Waals surface area contributed by atoms with Gasteiger partial charge < -0.3 is 4.90 Å². The lowest BCUT2D eigenvalue weighted by Crippen LogP contribution is -2.35. The molecule has 1 amide bonds. The molecule has 1 fully saturated rings. The molecule has 0 aromatic carbocycles. The predicted octanol–water partition coefficient (Wildman–Crippen LogP) is 2.89. The summed E-state index contributed by atoms with van der Waals surface area (Å²) in [4.78, 5) is 18.9. The number of pyridine rings is 2. The predicted molar refractivity (Wildman–Crippen MR) is 92.9 cm³/mol. The number of fused-ring (bicyclic) bond motifs is 1. The van der Waals surface area contributed by atoms with Crippen LogP contribution in [-0.4, -0.2) is 38.5 Å². The van der Waals surface area contributed by atoms with Gasteiger partial charge in [0, 0.05) is 24.8 Å². The summed E-state index contributed by atoms with van der Waals surface area (Å²) in [5.41, 5.74) is 3.48. The summed E-state index contributed by atoms with van der Waals surface area (Å²) in [7, 11) is 0. The van der Waals surface area contributed by atoms with E-state index in [0.717, 1.165) is 42.7 Å². The lowest BCUT2D eigenvalue weighted by molar-refractivity contribution is 0.0726. The van der Waals surface area contributed by atoms with Crippen LogP contribution < -0.4 is 0 Å². The lowest BCUT2D eigenvalue weighted by Gasteiger charge is -2.26. The van der Waals surface area contributed by atoms with Gasteiger partial charge in [0.05, 0.1) is 23.0 Å². The maximum Gasteiger partial charge on any atom is 0.257 e. The molecule has 1 saturated heterocycles. The smallest absolute Gasteiger partial charge is 0.257 e. The van der Waals surface area contributed by atoms with E-state index in [2.05, 4.69) is 10.1 Å². The van der Waals surface area contributed by atoms with Crippen LogP contribution in [0.4, 0.5) is 0 Å². The lowest BCUT2D eigenvalue weighted by atomic mass is 10.1. The molecule has 6 heteroatoms. The first-order chi connectivity index (χ1) is 12.3. The molecule has 0 saturated carbocycles. The minimum atomic E-state index is 0.0461. The van der Waals surface area contributed by atoms with Crippen molar-refractivity contribution in [2.75, 3.05) is 13.1 Å². The largest absolute Gasteiger partial charge is 0.339 e. The van der Waals surface area contributed by atoms with Crippen LogP contribution in [0.3, 0.4) is 0 Å². The Bertz CT molecular complexity index is 962. The average molecular weight is 331 g/mol. The normalized spacial score (nSPS) is 14.4. The van der Waals surface area contributed by atoms with Crippen LogP contribution in [0.2, 0.25) is 0 Å². The van der Waals surface area contributed by atoms with Gasteiger partial charge in [0.2, 0.25) is 0 Å². The Morgan fingerprint density at radius 2 is 1.92 bits per heavy atom. The van der Waals surface area contributed by atoms with Crippen molar-refractivity contribution >= 4 is 11.4 Å². The second-order valence-corrected chi connectivity index (χ2v) is 6.16. The molecule has 0 N–H and O–H groups in total. The molecular weight excluding hydrogens is 314 g/mol. The van der Waals surface area contributed by atoms with E-state index in [1.165, 1.54) is 6.42 Å². The molecule has 4 rings (SSSR count). The Hall–Kier alpha value is -3.20. The van der Waals surface area contributed by atoms with Crippen LogP contribution in [0.5, 0.6) is 0 Å². The number of hydrogen-bond donors (Lipinski definition) is 0. The van der Waals surface area contributed by atoms with Crippen LogP contribution >= 0.6 is 0 Å². The Labute approximate surface area is 145 Å². The van der Waals surface area contributed by atoms with Crippen LogP contribution in [-0.2, 0) is 0 Å². The van der Waals surface area contributed by atoms with Gasteiger partial charge in [-0.1, -0.05) is 6.07 Å². The van der Waals surface area contributed by atoms with Crippen molar-refractivity contribution in [2.24, 2.45) is 0 Å². The highest BCUT2D eigenvalue weighted by atomic mass is 16.2. The third-order valence-corrected chi connectivity index (χ3v) is 4.59. The fraction of sp³-hybridized carbons (Fsp3) is 0.263. The first kappa shape index (κ1) is 15.3. The van der Waals surface area contributed by atoms with E-state index in [1.807, 2.05) is 35.2 Å². The Balaban J connectivity index is 1.75. The summed E-state index contributed by atoms with van der Waals surface area (Å²) < 4.78 is 1.76. The SMILES string of the molecule is N#Cc1ccc(-c2cccc3c(C(=O)N4CCCCC4)cnn23)cn1. The van der Waals surface area contributed by atoms with Gasteiger partial charge in [-0.05, 0) is 43.5 Å². The molecule has 3 aromatic heterocycles. The fourth-order valence-electron chi connectivity index (χ4n) is 3.27. The number of nitrogens with zero attached hydrogens (tertiary/aromatic N) is 5. The third kappa shape index (κ3) is 2.74. The standard InChI is InChI=1S/C19H17N5O/c20-11-15-8-7-14(12-21-15)17-5-4-6-18-16(13-22-24(17)18)19(25)23-9-2-1-3-10-23/h4-8,12-13H,1-3,9-10H2. The van der Waals surface area contributed by atoms with E-state index in [4.69, 9.17) is 5.26 Å². The van der Waals surface area contributed by atoms with Crippen molar-refractivity contribution < 1.29 is 4.79 Å². The van der Waals surface area contributed by atoms with Gasteiger partial charge in [0.25, 0.3) is 5.91 Å². The van der Waals surface area contributed by atoms with Gasteiger partial charge in [0.15, 0.2) is 0 Å². The fourth-order valence-corrected chi connectivity index (χ4v) is 3.27. The van der Waals surface area contributed by atoms with Crippen molar-refractivity contribution in [1.82, 2.24) is 19.5 Å². The summed E-state index contributed by atoms with van der Waals surface area (Å²) in [5.74, 6) is 0.0461. The van der Waals surface area contributed by atoms with Crippen molar-refractivity contribution in [2.45, 2.75) is 19.3 Å². The highest BCUT2D eigenvalue weighted by Crippen LogP contribution is 2.23. The van der Waals surface area contributed by atoms with Gasteiger partial charge in [-0.3, -0.25) is 4.79 Å². The van der Waals surface area contributed by atoms with E-state index in [9.17, 15) is 4.79 Å². The third-order valence-electron chi connectivity index (χ3n) is 4.59. The zero-order valence-corrected chi connectivity index (χ0v) is 13.7. The number of carbonyl (C=O) groups excluding carboxylic acids is 1. The molecule has 6 nitrogen and oxygen atoms in total. The van der Waals surface area contributed by atoms with Crippen LogP contribution in [0.15, 0.2) is 42.7 Å². The Morgan fingerprint density at radius 3 is 2.64 bits per heavy atom. The first-order valence-corrected chi connectivity index (χ1v) is 8.40. The summed E-state index contributed by atoms with van der Waals surface area (Å²) >= 11 is 0. The summed E-state index contributed by atoms with van der Waals surface area (Å²) in [6, 6.07) is 11.3. The van der Waals surface area contributed by atoms with Crippen molar-refractivity contribution in [3.05, 3.63) is 54.0 Å². The van der Waals surface area contributed by atoms with Gasteiger partial charge >= 0.3 is 0 Å². The molecule has 1 aliphatic rings. The highest BCUT2D eigenvalue weighted by Gasteiger charge is 2.22. The molecule has 0 atom stereocenters. The van der Waals surface area contributed by atoms with Crippen LogP contribution in [0.1, 0.15) is 35.3 Å². The number of amides is 1. The van der Waals surface area contributed by atoms with E-state index in [0.29, 0.717) is 11.3 Å². The number of hydrogen-bond acceptors (Lipinski definition) is 4. The Kier molecular flexibility index (Phi) is 3.90. The van der Waals surface area contributed by atoms with Crippen LogP contribution in [0, 0.1) is 11.3 Å². The van der Waals surface area contributed by atoms with Gasteiger partial charge in [0.1, 0.15) is 11.8 Å². The first-order valence-electron chi connectivity index (χ1n) is 8.40. The average Bonchev–Trinajstić information content (AvgIpc) is 3.12. The molecule has 0 bridgehead atoms. The molecule has 25 heavy (non-hydrogen) atoms. The summed E-state index contributed by atoms with van der Waals surface area (Å²) in [6.45, 7) is 1.63. The van der Waals surface area contributed by atoms with E-state index in [1.54, 1.807) is 23.0 Å². The zero-order valence-electron chi connectivity index (χ0n) is 13.7. The molecule has 0 radical (unpaired) electrons. The molecule has 0 aliphatic carbocycles. The van der Waals surface area contributed by atoms with Crippen molar-refractivity contribution in [3.8, 4) is 17.3 Å². The highest BCUT2D eigenvalue weighted by molar-refractivity contribution is 6.01. The monoisotopic (exact) mass is 331 g/mol. The van der Waals surface area contributed by atoms with Crippen molar-refractivity contribution in [3.63, 3.8) is 0 Å². The minimum Gasteiger partial charge on any atom is -0.339 e. The second kappa shape index (κ2) is 6.36. The molecule has 1 aliphatic heterocycles. The maximum atomic E-state index is 12.8. The van der Waals surface area contributed by atoms with Gasteiger partial charge in [-0.15, -0.1) is 0 Å². The number of aromatic nitrogens is 3. The maximum absolute atomic E-state index is 12.8. The molecule has 4 heterocycles. The number of rotatable bonds is 2. The quantitative estimate of drug-likeness (QED) is 0.723. The molecule has 0 spiro atoms. The van der Waals surface area contributed by atoms with E-state index >= 15 is 0 Å². The Morgan fingerprint density at radius 1 is 1.08 bits per heavy atom. The van der Waals surface area contributed by atoms with Crippen molar-refractivity contribution in [1.29, 1.82) is 5.26 Å². The molecular formula is C19H17N5O. The van der Waals surface area contributed by atoms with Crippen LogP contribution in [0.25, 0.3) is 16.8 Å². The zero-order chi connectivity index (χ0) is 17.2. The second-order valence-electron chi connectivity index (χ2n) is 6.16. The van der Waals surface area contributed by atoms with Gasteiger partial charge in [-0.25, -0.2) is 9.50 Å². The topological polar surface area (TPSA) is 74.3 Å². The molecule has 3 aromatic rings. The number of nitriles is 1. The van der Waals surface area contributed by atoms with E-state index in [-0.39, 0.29) is 5.91 Å². The van der Waals surface area contributed by atoms with Gasteiger partial charge in [-0.2, -0.15) is 10.4 Å². The summed E-state index contributed by atoms with van der Waals surface area (Å²) in [6.07, 6.45) is 6.61. The minimum absolute atomic E-state index is 0.0461. The van der Waals surface area contributed by atoms with E-state index < -0.39 is 0 Å².